The smallest absolute Gasteiger partial charge is 0.316 e. The second-order valence-electron chi connectivity index (χ2n) is 7.05. The van der Waals surface area contributed by atoms with Crippen LogP contribution in [0.3, 0.4) is 0 Å². The van der Waals surface area contributed by atoms with Gasteiger partial charge in [0.05, 0.1) is 5.41 Å². The Balaban J connectivity index is 2.16. The van der Waals surface area contributed by atoms with E-state index in [4.69, 9.17) is 4.74 Å². The van der Waals surface area contributed by atoms with E-state index in [1.807, 2.05) is 0 Å². The minimum atomic E-state index is -0.730. The lowest BCUT2D eigenvalue weighted by atomic mass is 9.79. The fourth-order valence-corrected chi connectivity index (χ4v) is 2.84. The summed E-state index contributed by atoms with van der Waals surface area (Å²) < 4.78 is 18.4. The van der Waals surface area contributed by atoms with Crippen LogP contribution in [0.2, 0.25) is 0 Å². The Labute approximate surface area is 130 Å². The summed E-state index contributed by atoms with van der Waals surface area (Å²) in [5, 5.41) is 0. The summed E-state index contributed by atoms with van der Waals surface area (Å²) in [5.41, 5.74) is -0.482. The minimum absolute atomic E-state index is 0.104. The van der Waals surface area contributed by atoms with E-state index in [1.165, 1.54) is 12.1 Å². The number of hydrogen-bond donors (Lipinski definition) is 0. The molecule has 0 amide bonds. The monoisotopic (exact) mass is 306 g/mol. The van der Waals surface area contributed by atoms with Crippen LogP contribution in [0, 0.1) is 11.2 Å². The van der Waals surface area contributed by atoms with E-state index in [9.17, 15) is 14.0 Å². The highest BCUT2D eigenvalue weighted by Gasteiger charge is 2.44. The molecule has 0 bridgehead atoms. The molecule has 0 heterocycles. The van der Waals surface area contributed by atoms with Crippen LogP contribution in [0.15, 0.2) is 24.3 Å². The predicted molar refractivity (Wildman–Crippen MR) is 82.0 cm³/mol. The Bertz CT molecular complexity index is 549. The van der Waals surface area contributed by atoms with Crippen molar-refractivity contribution in [2.24, 2.45) is 5.41 Å². The van der Waals surface area contributed by atoms with E-state index in [-0.39, 0.29) is 24.2 Å². The van der Waals surface area contributed by atoms with Crippen molar-refractivity contribution in [1.82, 2.24) is 0 Å². The topological polar surface area (TPSA) is 43.4 Å². The highest BCUT2D eigenvalue weighted by atomic mass is 19.1. The SMILES string of the molecule is CC(C)(C)C(=O)COC(=O)C1(c2ccc(F)cc2)CCCC1. The van der Waals surface area contributed by atoms with Gasteiger partial charge in [0, 0.05) is 5.41 Å². The Kier molecular flexibility index (Phi) is 4.69. The number of carbonyl (C=O) groups is 2. The molecule has 0 spiro atoms. The summed E-state index contributed by atoms with van der Waals surface area (Å²) in [6, 6.07) is 6.02. The summed E-state index contributed by atoms with van der Waals surface area (Å²) in [6.07, 6.45) is 3.22. The standard InChI is InChI=1S/C18H23FO3/c1-17(2,3)15(20)12-22-16(21)18(10-4-5-11-18)13-6-8-14(19)9-7-13/h6-9H,4-5,10-12H2,1-3H3. The molecule has 0 saturated heterocycles. The van der Waals surface area contributed by atoms with Crippen LogP contribution in [0.1, 0.15) is 52.0 Å². The first-order chi connectivity index (χ1) is 10.3. The number of carbonyl (C=O) groups excluding carboxylic acids is 2. The van der Waals surface area contributed by atoms with E-state index < -0.39 is 10.8 Å². The second-order valence-corrected chi connectivity index (χ2v) is 7.05. The predicted octanol–water partition coefficient (Wildman–Crippen LogP) is 3.80. The molecule has 1 aliphatic rings. The largest absolute Gasteiger partial charge is 0.457 e. The van der Waals surface area contributed by atoms with Crippen molar-refractivity contribution in [2.75, 3.05) is 6.61 Å². The van der Waals surface area contributed by atoms with Gasteiger partial charge in [-0.2, -0.15) is 0 Å². The van der Waals surface area contributed by atoms with Crippen LogP contribution in [0.5, 0.6) is 0 Å². The first-order valence-corrected chi connectivity index (χ1v) is 7.72. The van der Waals surface area contributed by atoms with Gasteiger partial charge in [-0.3, -0.25) is 9.59 Å². The Morgan fingerprint density at radius 2 is 1.68 bits per heavy atom. The fourth-order valence-electron chi connectivity index (χ4n) is 2.84. The maximum Gasteiger partial charge on any atom is 0.316 e. The first-order valence-electron chi connectivity index (χ1n) is 7.72. The first kappa shape index (κ1) is 16.7. The molecular formula is C18H23FO3. The Hall–Kier alpha value is -1.71. The van der Waals surface area contributed by atoms with Gasteiger partial charge in [-0.1, -0.05) is 45.7 Å². The molecule has 1 aliphatic carbocycles. The average molecular weight is 306 g/mol. The zero-order valence-corrected chi connectivity index (χ0v) is 13.4. The van der Waals surface area contributed by atoms with E-state index >= 15 is 0 Å². The molecule has 1 aromatic rings. The van der Waals surface area contributed by atoms with Gasteiger partial charge in [0.2, 0.25) is 0 Å². The highest BCUT2D eigenvalue weighted by molar-refractivity contribution is 5.89. The summed E-state index contributed by atoms with van der Waals surface area (Å²) in [6.45, 7) is 5.20. The molecule has 0 atom stereocenters. The molecule has 0 N–H and O–H groups in total. The molecular weight excluding hydrogens is 283 g/mol. The van der Waals surface area contributed by atoms with Crippen molar-refractivity contribution in [3.05, 3.63) is 35.6 Å². The number of ether oxygens (including phenoxy) is 1. The normalized spacial score (nSPS) is 17.3. The van der Waals surface area contributed by atoms with Crippen LogP contribution in [-0.4, -0.2) is 18.4 Å². The maximum atomic E-state index is 13.1. The van der Waals surface area contributed by atoms with Gasteiger partial charge in [0.25, 0.3) is 0 Å². The minimum Gasteiger partial charge on any atom is -0.457 e. The summed E-state index contributed by atoms with van der Waals surface area (Å²) >= 11 is 0. The number of Topliss-reactive ketones (excluding diaryl/α,β-unsaturated/α-hetero) is 1. The van der Waals surface area contributed by atoms with Gasteiger partial charge in [0.15, 0.2) is 12.4 Å². The van der Waals surface area contributed by atoms with Crippen molar-refractivity contribution in [1.29, 1.82) is 0 Å². The van der Waals surface area contributed by atoms with Crippen molar-refractivity contribution in [2.45, 2.75) is 51.9 Å². The number of ketones is 1. The molecule has 2 rings (SSSR count). The van der Waals surface area contributed by atoms with Crippen LogP contribution in [0.4, 0.5) is 4.39 Å². The molecule has 0 radical (unpaired) electrons. The van der Waals surface area contributed by atoms with Gasteiger partial charge >= 0.3 is 5.97 Å². The quantitative estimate of drug-likeness (QED) is 0.795. The van der Waals surface area contributed by atoms with Gasteiger partial charge in [-0.05, 0) is 30.5 Å². The average Bonchev–Trinajstić information content (AvgIpc) is 2.94. The molecule has 1 fully saturated rings. The van der Waals surface area contributed by atoms with Crippen LogP contribution in [0.25, 0.3) is 0 Å². The van der Waals surface area contributed by atoms with E-state index in [2.05, 4.69) is 0 Å². The molecule has 0 aliphatic heterocycles. The lowest BCUT2D eigenvalue weighted by Crippen LogP contribution is -2.37. The lowest BCUT2D eigenvalue weighted by Gasteiger charge is -2.27. The maximum absolute atomic E-state index is 13.1. The van der Waals surface area contributed by atoms with Crippen LogP contribution < -0.4 is 0 Å². The van der Waals surface area contributed by atoms with Gasteiger partial charge in [-0.25, -0.2) is 4.39 Å². The van der Waals surface area contributed by atoms with E-state index in [0.29, 0.717) is 12.8 Å². The third-order valence-electron chi connectivity index (χ3n) is 4.42. The van der Waals surface area contributed by atoms with Gasteiger partial charge in [0.1, 0.15) is 5.82 Å². The summed E-state index contributed by atoms with van der Waals surface area (Å²) in [7, 11) is 0. The number of benzene rings is 1. The van der Waals surface area contributed by atoms with Crippen molar-refractivity contribution in [3.8, 4) is 0 Å². The van der Waals surface area contributed by atoms with Crippen molar-refractivity contribution >= 4 is 11.8 Å². The number of halogens is 1. The van der Waals surface area contributed by atoms with Crippen LogP contribution in [-0.2, 0) is 19.7 Å². The highest BCUT2D eigenvalue weighted by Crippen LogP contribution is 2.42. The van der Waals surface area contributed by atoms with Gasteiger partial charge < -0.3 is 4.74 Å². The number of rotatable bonds is 4. The van der Waals surface area contributed by atoms with E-state index in [1.54, 1.807) is 32.9 Å². The zero-order chi connectivity index (χ0) is 16.4. The Morgan fingerprint density at radius 1 is 1.14 bits per heavy atom. The Morgan fingerprint density at radius 3 is 2.18 bits per heavy atom. The third kappa shape index (κ3) is 3.37. The zero-order valence-electron chi connectivity index (χ0n) is 13.4. The molecule has 22 heavy (non-hydrogen) atoms. The summed E-state index contributed by atoms with van der Waals surface area (Å²) in [4.78, 5) is 24.6. The molecule has 120 valence electrons. The van der Waals surface area contributed by atoms with E-state index in [0.717, 1.165) is 18.4 Å². The lowest BCUT2D eigenvalue weighted by molar-refractivity contribution is -0.155. The molecule has 3 nitrogen and oxygen atoms in total. The molecule has 0 aromatic heterocycles. The summed E-state index contributed by atoms with van der Waals surface area (Å²) in [5.74, 6) is -0.796. The number of hydrogen-bond acceptors (Lipinski definition) is 3. The van der Waals surface area contributed by atoms with Crippen molar-refractivity contribution < 1.29 is 18.7 Å². The van der Waals surface area contributed by atoms with Gasteiger partial charge in [-0.15, -0.1) is 0 Å². The molecule has 1 saturated carbocycles. The second kappa shape index (κ2) is 6.19. The third-order valence-corrected chi connectivity index (χ3v) is 4.42. The van der Waals surface area contributed by atoms with Crippen molar-refractivity contribution in [3.63, 3.8) is 0 Å². The molecule has 1 aromatic carbocycles. The number of esters is 1. The molecule has 4 heteroatoms. The fraction of sp³-hybridized carbons (Fsp3) is 0.556. The van der Waals surface area contributed by atoms with Crippen LogP contribution >= 0.6 is 0 Å². The molecule has 0 unspecified atom stereocenters.